The third kappa shape index (κ3) is 12.7. The minimum absolute atomic E-state index is 0.640. The van der Waals surface area contributed by atoms with Crippen LogP contribution >= 0.6 is 0 Å². The van der Waals surface area contributed by atoms with Crippen molar-refractivity contribution in [2.24, 2.45) is 5.73 Å². The molecule has 0 spiro atoms. The molecule has 0 aromatic carbocycles. The number of rotatable bonds is 3. The van der Waals surface area contributed by atoms with Crippen LogP contribution in [0.1, 0.15) is 40.0 Å². The molecule has 0 radical (unpaired) electrons. The Balaban J connectivity index is 0. The Morgan fingerprint density at radius 3 is 2.00 bits per heavy atom. The van der Waals surface area contributed by atoms with Crippen LogP contribution in [0.5, 0.6) is 0 Å². The molecule has 0 aliphatic heterocycles. The van der Waals surface area contributed by atoms with Gasteiger partial charge in [0.2, 0.25) is 0 Å². The molecule has 3 nitrogen and oxygen atoms in total. The molecule has 0 amide bonds. The molecule has 3 heteroatoms. The Kier molecular flexibility index (Phi) is 9.23. The van der Waals surface area contributed by atoms with Crippen LogP contribution in [0.25, 0.3) is 0 Å². The molecule has 3 N–H and O–H groups in total. The zero-order chi connectivity index (χ0) is 9.33. The van der Waals surface area contributed by atoms with Crippen LogP contribution in [0.3, 0.4) is 0 Å². The normalized spacial score (nSPS) is 14.3. The molecule has 0 bridgehead atoms. The van der Waals surface area contributed by atoms with Crippen LogP contribution < -0.4 is 5.73 Å². The lowest BCUT2D eigenvalue weighted by Crippen LogP contribution is -2.38. The molecule has 0 heterocycles. The molecule has 0 fully saturated rings. The van der Waals surface area contributed by atoms with Gasteiger partial charge in [0, 0.05) is 0 Å². The van der Waals surface area contributed by atoms with Gasteiger partial charge in [-0.15, -0.1) is 0 Å². The van der Waals surface area contributed by atoms with E-state index in [1.165, 1.54) is 6.92 Å². The standard InChI is InChI=1S/C6H15NO.C2H4O/c1-3-5-6(7,8)4-2;1-2-3/h8H,3-5,7H2,1-2H3;2H,1H3. The van der Waals surface area contributed by atoms with E-state index in [0.29, 0.717) is 12.8 Å². The first kappa shape index (κ1) is 13.2. The van der Waals surface area contributed by atoms with Crippen molar-refractivity contribution in [2.45, 2.75) is 45.8 Å². The quantitative estimate of drug-likeness (QED) is 0.480. The van der Waals surface area contributed by atoms with Crippen molar-refractivity contribution in [3.63, 3.8) is 0 Å². The number of carbonyl (C=O) groups is 1. The largest absolute Gasteiger partial charge is 0.376 e. The van der Waals surface area contributed by atoms with Crippen molar-refractivity contribution in [3.8, 4) is 0 Å². The van der Waals surface area contributed by atoms with E-state index in [4.69, 9.17) is 15.6 Å². The second-order valence-electron chi connectivity index (χ2n) is 2.44. The number of nitrogens with two attached hydrogens (primary N) is 1. The molecule has 11 heavy (non-hydrogen) atoms. The number of hydrogen-bond donors (Lipinski definition) is 2. The number of aldehydes is 1. The summed E-state index contributed by atoms with van der Waals surface area (Å²) >= 11 is 0. The molecule has 0 saturated heterocycles. The number of hydrogen-bond acceptors (Lipinski definition) is 3. The predicted octanol–water partition coefficient (Wildman–Crippen LogP) is 1.05. The minimum Gasteiger partial charge on any atom is -0.376 e. The van der Waals surface area contributed by atoms with Crippen molar-refractivity contribution in [1.82, 2.24) is 0 Å². The van der Waals surface area contributed by atoms with Gasteiger partial charge >= 0.3 is 0 Å². The SMILES string of the molecule is CC=O.CCCC(N)(O)CC. The Bertz CT molecular complexity index is 92.1. The first-order chi connectivity index (χ1) is 5.04. The Labute approximate surface area is 68.6 Å². The molecular weight excluding hydrogens is 142 g/mol. The summed E-state index contributed by atoms with van der Waals surface area (Å²) in [6.45, 7) is 5.34. The van der Waals surface area contributed by atoms with Crippen LogP contribution in [0.4, 0.5) is 0 Å². The smallest absolute Gasteiger partial charge is 0.116 e. The van der Waals surface area contributed by atoms with E-state index in [-0.39, 0.29) is 0 Å². The molecule has 0 saturated carbocycles. The summed E-state index contributed by atoms with van der Waals surface area (Å²) in [5.41, 5.74) is 4.47. The maximum absolute atomic E-state index is 9.10. The van der Waals surface area contributed by atoms with E-state index in [9.17, 15) is 0 Å². The first-order valence-electron chi connectivity index (χ1n) is 3.95. The zero-order valence-electron chi connectivity index (χ0n) is 7.63. The van der Waals surface area contributed by atoms with Gasteiger partial charge < -0.3 is 15.6 Å². The fourth-order valence-corrected chi connectivity index (χ4v) is 0.610. The van der Waals surface area contributed by atoms with E-state index < -0.39 is 5.72 Å². The van der Waals surface area contributed by atoms with Crippen molar-refractivity contribution in [1.29, 1.82) is 0 Å². The molecule has 68 valence electrons. The molecule has 1 unspecified atom stereocenters. The number of aliphatic hydroxyl groups is 1. The summed E-state index contributed by atoms with van der Waals surface area (Å²) in [6.07, 6.45) is 3.03. The first-order valence-corrected chi connectivity index (χ1v) is 3.95. The summed E-state index contributed by atoms with van der Waals surface area (Å²) in [6, 6.07) is 0. The van der Waals surface area contributed by atoms with Crippen LogP contribution in [-0.2, 0) is 4.79 Å². The van der Waals surface area contributed by atoms with Gasteiger partial charge in [-0.1, -0.05) is 20.3 Å². The Morgan fingerprint density at radius 1 is 1.55 bits per heavy atom. The fourth-order valence-electron chi connectivity index (χ4n) is 0.610. The monoisotopic (exact) mass is 161 g/mol. The average Bonchev–Trinajstić information content (AvgIpc) is 1.90. The highest BCUT2D eigenvalue weighted by atomic mass is 16.3. The third-order valence-electron chi connectivity index (χ3n) is 1.30. The molecule has 1 atom stereocenters. The minimum atomic E-state index is -0.908. The lowest BCUT2D eigenvalue weighted by molar-refractivity contribution is -0.106. The zero-order valence-corrected chi connectivity index (χ0v) is 7.63. The third-order valence-corrected chi connectivity index (χ3v) is 1.30. The van der Waals surface area contributed by atoms with Gasteiger partial charge in [0.25, 0.3) is 0 Å². The van der Waals surface area contributed by atoms with Crippen molar-refractivity contribution < 1.29 is 9.90 Å². The topological polar surface area (TPSA) is 63.3 Å². The van der Waals surface area contributed by atoms with Crippen molar-refractivity contribution in [2.75, 3.05) is 0 Å². The molecule has 0 aliphatic rings. The van der Waals surface area contributed by atoms with Crippen molar-refractivity contribution >= 4 is 6.29 Å². The van der Waals surface area contributed by atoms with Gasteiger partial charge in [0.05, 0.1) is 0 Å². The summed E-state index contributed by atoms with van der Waals surface area (Å²) in [5, 5.41) is 9.10. The second kappa shape index (κ2) is 7.69. The lowest BCUT2D eigenvalue weighted by Gasteiger charge is -2.19. The highest BCUT2D eigenvalue weighted by Gasteiger charge is 2.14. The highest BCUT2D eigenvalue weighted by molar-refractivity contribution is 5.44. The van der Waals surface area contributed by atoms with E-state index in [1.807, 2.05) is 13.8 Å². The maximum Gasteiger partial charge on any atom is 0.116 e. The summed E-state index contributed by atoms with van der Waals surface area (Å²) < 4.78 is 0. The summed E-state index contributed by atoms with van der Waals surface area (Å²) in [7, 11) is 0. The fraction of sp³-hybridized carbons (Fsp3) is 0.875. The van der Waals surface area contributed by atoms with Crippen LogP contribution in [0, 0.1) is 0 Å². The van der Waals surface area contributed by atoms with Gasteiger partial charge in [-0.3, -0.25) is 0 Å². The van der Waals surface area contributed by atoms with Crippen LogP contribution in [0.2, 0.25) is 0 Å². The van der Waals surface area contributed by atoms with Gasteiger partial charge in [0.1, 0.15) is 12.0 Å². The highest BCUT2D eigenvalue weighted by Crippen LogP contribution is 2.08. The van der Waals surface area contributed by atoms with E-state index in [1.54, 1.807) is 0 Å². The molecule has 0 aromatic heterocycles. The molecular formula is C8H19NO2. The van der Waals surface area contributed by atoms with Crippen LogP contribution in [0.15, 0.2) is 0 Å². The van der Waals surface area contributed by atoms with E-state index in [0.717, 1.165) is 12.7 Å². The average molecular weight is 161 g/mol. The van der Waals surface area contributed by atoms with E-state index >= 15 is 0 Å². The molecule has 0 aromatic rings. The van der Waals surface area contributed by atoms with Crippen molar-refractivity contribution in [3.05, 3.63) is 0 Å². The van der Waals surface area contributed by atoms with E-state index in [2.05, 4.69) is 0 Å². The summed E-state index contributed by atoms with van der Waals surface area (Å²) in [5.74, 6) is 0. The lowest BCUT2D eigenvalue weighted by atomic mass is 10.1. The number of carbonyl (C=O) groups excluding carboxylic acids is 1. The Morgan fingerprint density at radius 2 is 1.91 bits per heavy atom. The second-order valence-corrected chi connectivity index (χ2v) is 2.44. The Hall–Kier alpha value is -0.410. The predicted molar refractivity (Wildman–Crippen MR) is 46.1 cm³/mol. The maximum atomic E-state index is 9.10. The molecule has 0 rings (SSSR count). The molecule has 0 aliphatic carbocycles. The van der Waals surface area contributed by atoms with Gasteiger partial charge in [-0.25, -0.2) is 0 Å². The summed E-state index contributed by atoms with van der Waals surface area (Å²) in [4.78, 5) is 8.81. The van der Waals surface area contributed by atoms with Crippen LogP contribution in [-0.4, -0.2) is 17.1 Å². The van der Waals surface area contributed by atoms with Gasteiger partial charge in [-0.2, -0.15) is 0 Å². The van der Waals surface area contributed by atoms with Gasteiger partial charge in [-0.05, 0) is 19.8 Å². The van der Waals surface area contributed by atoms with Gasteiger partial charge in [0.15, 0.2) is 0 Å².